The van der Waals surface area contributed by atoms with Crippen LogP contribution in [0.25, 0.3) is 10.8 Å². The van der Waals surface area contributed by atoms with Crippen LogP contribution in [0, 0.1) is 11.3 Å². The summed E-state index contributed by atoms with van der Waals surface area (Å²) >= 11 is 0. The highest BCUT2D eigenvalue weighted by atomic mass is 16.5. The van der Waals surface area contributed by atoms with Crippen molar-refractivity contribution in [2.75, 3.05) is 6.61 Å². The Hall–Kier alpha value is -3.45. The molecule has 0 radical (unpaired) electrons. The maximum atomic E-state index is 9.74. The van der Waals surface area contributed by atoms with Crippen LogP contribution in [0.2, 0.25) is 0 Å². The number of nitriles is 1. The van der Waals surface area contributed by atoms with Gasteiger partial charge in [0.25, 0.3) is 0 Å². The highest BCUT2D eigenvalue weighted by Gasteiger charge is 2.33. The third kappa shape index (κ3) is 2.46. The Labute approximate surface area is 152 Å². The number of hydrogen-bond donors (Lipinski definition) is 1. The van der Waals surface area contributed by atoms with Gasteiger partial charge in [-0.05, 0) is 18.4 Å². The molecule has 0 amide bonds. The number of ether oxygens (including phenoxy) is 2. The fourth-order valence-corrected chi connectivity index (χ4v) is 3.51. The largest absolute Gasteiger partial charge is 0.494 e. The lowest BCUT2D eigenvalue weighted by atomic mass is 9.82. The summed E-state index contributed by atoms with van der Waals surface area (Å²) in [6.45, 7) is 2.49. The van der Waals surface area contributed by atoms with Gasteiger partial charge < -0.3 is 15.2 Å². The molecule has 1 atom stereocenters. The second kappa shape index (κ2) is 6.45. The van der Waals surface area contributed by atoms with Crippen LogP contribution in [0.3, 0.4) is 0 Å². The first-order chi connectivity index (χ1) is 12.7. The minimum absolute atomic E-state index is 0.146. The molecule has 0 fully saturated rings. The summed E-state index contributed by atoms with van der Waals surface area (Å²) in [6, 6.07) is 22.0. The van der Waals surface area contributed by atoms with Crippen LogP contribution < -0.4 is 15.2 Å². The quantitative estimate of drug-likeness (QED) is 0.763. The van der Waals surface area contributed by atoms with Gasteiger partial charge in [0.15, 0.2) is 0 Å². The molecule has 2 N–H and O–H groups in total. The normalized spacial score (nSPS) is 15.9. The fourth-order valence-electron chi connectivity index (χ4n) is 3.51. The summed E-state index contributed by atoms with van der Waals surface area (Å²) in [5.41, 5.74) is 8.37. The van der Waals surface area contributed by atoms with Gasteiger partial charge in [-0.3, -0.25) is 0 Å². The molecule has 0 saturated carbocycles. The Kier molecular flexibility index (Phi) is 3.98. The standard InChI is InChI=1S/C22H18N2O2/c1-2-25-19-10-6-5-9-16(19)20-17-12-11-14-7-3-4-8-15(14)21(17)26-22(24)18(20)13-23/h3-12,20H,2,24H2,1H3. The van der Waals surface area contributed by atoms with Gasteiger partial charge in [0.05, 0.1) is 12.5 Å². The smallest absolute Gasteiger partial charge is 0.205 e. The van der Waals surface area contributed by atoms with Crippen LogP contribution in [-0.2, 0) is 0 Å². The van der Waals surface area contributed by atoms with Gasteiger partial charge in [-0.15, -0.1) is 0 Å². The Morgan fingerprint density at radius 3 is 2.62 bits per heavy atom. The summed E-state index contributed by atoms with van der Waals surface area (Å²) < 4.78 is 11.7. The van der Waals surface area contributed by atoms with E-state index < -0.39 is 0 Å². The number of allylic oxidation sites excluding steroid dienone is 1. The van der Waals surface area contributed by atoms with E-state index in [1.807, 2.05) is 67.6 Å². The van der Waals surface area contributed by atoms with Crippen molar-refractivity contribution in [3.05, 3.63) is 83.2 Å². The molecule has 4 rings (SSSR count). The first-order valence-corrected chi connectivity index (χ1v) is 8.55. The monoisotopic (exact) mass is 342 g/mol. The van der Waals surface area contributed by atoms with Gasteiger partial charge in [-0.1, -0.05) is 54.6 Å². The molecule has 0 saturated heterocycles. The Bertz CT molecular complexity index is 1060. The molecule has 4 nitrogen and oxygen atoms in total. The number of hydrogen-bond acceptors (Lipinski definition) is 4. The summed E-state index contributed by atoms with van der Waals surface area (Å²) in [6.07, 6.45) is 0. The lowest BCUT2D eigenvalue weighted by molar-refractivity contribution is 0.334. The van der Waals surface area contributed by atoms with Gasteiger partial charge in [-0.2, -0.15) is 5.26 Å². The molecule has 0 aromatic heterocycles. The number of nitrogens with zero attached hydrogens (tertiary/aromatic N) is 1. The van der Waals surface area contributed by atoms with Crippen LogP contribution >= 0.6 is 0 Å². The van der Waals surface area contributed by atoms with Crippen molar-refractivity contribution >= 4 is 10.8 Å². The molecule has 3 aromatic rings. The van der Waals surface area contributed by atoms with Gasteiger partial charge in [0.1, 0.15) is 23.1 Å². The lowest BCUT2D eigenvalue weighted by Gasteiger charge is -2.28. The molecule has 26 heavy (non-hydrogen) atoms. The number of nitrogens with two attached hydrogens (primary N) is 1. The molecule has 3 aromatic carbocycles. The molecule has 1 aliphatic rings. The SMILES string of the molecule is CCOc1ccccc1C1C(C#N)=C(N)Oc2c1ccc1ccccc21. The summed E-state index contributed by atoms with van der Waals surface area (Å²) in [4.78, 5) is 0. The zero-order valence-electron chi connectivity index (χ0n) is 14.4. The molecule has 4 heteroatoms. The molecule has 128 valence electrons. The van der Waals surface area contributed by atoms with Crippen molar-refractivity contribution in [1.29, 1.82) is 5.26 Å². The second-order valence-corrected chi connectivity index (χ2v) is 6.10. The van der Waals surface area contributed by atoms with E-state index in [1.165, 1.54) is 0 Å². The van der Waals surface area contributed by atoms with Crippen LogP contribution in [-0.4, -0.2) is 6.61 Å². The first kappa shape index (κ1) is 16.0. The van der Waals surface area contributed by atoms with Crippen molar-refractivity contribution in [2.24, 2.45) is 5.73 Å². The average molecular weight is 342 g/mol. The summed E-state index contributed by atoms with van der Waals surface area (Å²) in [7, 11) is 0. The predicted molar refractivity (Wildman–Crippen MR) is 101 cm³/mol. The molecule has 1 aliphatic heterocycles. The minimum atomic E-state index is -0.323. The number of fused-ring (bicyclic) bond motifs is 3. The van der Waals surface area contributed by atoms with E-state index in [0.29, 0.717) is 17.9 Å². The third-order valence-corrected chi connectivity index (χ3v) is 4.64. The van der Waals surface area contributed by atoms with E-state index in [0.717, 1.165) is 27.6 Å². The zero-order valence-corrected chi connectivity index (χ0v) is 14.4. The van der Waals surface area contributed by atoms with Crippen LogP contribution in [0.15, 0.2) is 72.1 Å². The van der Waals surface area contributed by atoms with Crippen molar-refractivity contribution in [3.8, 4) is 17.6 Å². The van der Waals surface area contributed by atoms with Crippen LogP contribution in [0.4, 0.5) is 0 Å². The molecule has 0 bridgehead atoms. The number of para-hydroxylation sites is 1. The molecule has 1 heterocycles. The third-order valence-electron chi connectivity index (χ3n) is 4.64. The maximum Gasteiger partial charge on any atom is 0.205 e. The average Bonchev–Trinajstić information content (AvgIpc) is 2.68. The fraction of sp³-hybridized carbons (Fsp3) is 0.136. The van der Waals surface area contributed by atoms with Crippen LogP contribution in [0.5, 0.6) is 11.5 Å². The summed E-state index contributed by atoms with van der Waals surface area (Å²) in [5, 5.41) is 11.8. The van der Waals surface area contributed by atoms with E-state index in [1.54, 1.807) is 0 Å². The van der Waals surface area contributed by atoms with Gasteiger partial charge in [-0.25, -0.2) is 0 Å². The maximum absolute atomic E-state index is 9.74. The zero-order chi connectivity index (χ0) is 18.1. The molecular formula is C22H18N2O2. The Morgan fingerprint density at radius 1 is 1.04 bits per heavy atom. The Morgan fingerprint density at radius 2 is 1.81 bits per heavy atom. The van der Waals surface area contributed by atoms with Crippen molar-refractivity contribution in [2.45, 2.75) is 12.8 Å². The van der Waals surface area contributed by atoms with Crippen molar-refractivity contribution < 1.29 is 9.47 Å². The summed E-state index contributed by atoms with van der Waals surface area (Å²) in [5.74, 6) is 1.28. The molecule has 0 aliphatic carbocycles. The highest BCUT2D eigenvalue weighted by Crippen LogP contribution is 2.47. The van der Waals surface area contributed by atoms with Gasteiger partial charge in [0, 0.05) is 16.5 Å². The van der Waals surface area contributed by atoms with E-state index in [-0.39, 0.29) is 11.8 Å². The van der Waals surface area contributed by atoms with Gasteiger partial charge >= 0.3 is 0 Å². The topological polar surface area (TPSA) is 68.3 Å². The van der Waals surface area contributed by atoms with Gasteiger partial charge in [0.2, 0.25) is 5.88 Å². The predicted octanol–water partition coefficient (Wildman–Crippen LogP) is 4.46. The first-order valence-electron chi connectivity index (χ1n) is 8.55. The molecule has 1 unspecified atom stereocenters. The van der Waals surface area contributed by atoms with Crippen LogP contribution in [0.1, 0.15) is 24.0 Å². The highest BCUT2D eigenvalue weighted by molar-refractivity contribution is 5.91. The van der Waals surface area contributed by atoms with E-state index in [4.69, 9.17) is 15.2 Å². The van der Waals surface area contributed by atoms with E-state index in [9.17, 15) is 5.26 Å². The number of benzene rings is 3. The minimum Gasteiger partial charge on any atom is -0.494 e. The molecule has 0 spiro atoms. The second-order valence-electron chi connectivity index (χ2n) is 6.10. The Balaban J connectivity index is 2.00. The van der Waals surface area contributed by atoms with Crippen molar-refractivity contribution in [1.82, 2.24) is 0 Å². The lowest BCUT2D eigenvalue weighted by Crippen LogP contribution is -2.21. The molecular weight excluding hydrogens is 324 g/mol. The van der Waals surface area contributed by atoms with E-state index >= 15 is 0 Å². The van der Waals surface area contributed by atoms with Crippen molar-refractivity contribution in [3.63, 3.8) is 0 Å². The number of rotatable bonds is 3. The van der Waals surface area contributed by atoms with E-state index in [2.05, 4.69) is 6.07 Å².